The van der Waals surface area contributed by atoms with Gasteiger partial charge in [0.2, 0.25) is 0 Å². The van der Waals surface area contributed by atoms with E-state index in [4.69, 9.17) is 9.47 Å². The predicted octanol–water partition coefficient (Wildman–Crippen LogP) is 3.53. The Morgan fingerprint density at radius 2 is 1.97 bits per heavy atom. The third-order valence-corrected chi connectivity index (χ3v) is 7.20. The number of hydrogen-bond donors (Lipinski definition) is 0. The van der Waals surface area contributed by atoms with Gasteiger partial charge in [0.25, 0.3) is 0 Å². The Hall–Kier alpha value is -2.15. The summed E-state index contributed by atoms with van der Waals surface area (Å²) in [4.78, 5) is 11.9. The molecule has 0 spiro atoms. The lowest BCUT2D eigenvalue weighted by atomic mass is 9.82. The van der Waals surface area contributed by atoms with E-state index in [-0.39, 0.29) is 0 Å². The maximum absolute atomic E-state index is 6.20. The molecule has 0 bridgehead atoms. The molecule has 2 saturated heterocycles. The third-order valence-electron chi connectivity index (χ3n) is 7.20. The lowest BCUT2D eigenvalue weighted by Crippen LogP contribution is -2.37. The Kier molecular flexibility index (Phi) is 6.62. The van der Waals surface area contributed by atoms with Gasteiger partial charge in [-0.15, -0.1) is 0 Å². The number of rotatable bonds is 7. The summed E-state index contributed by atoms with van der Waals surface area (Å²) in [5, 5.41) is 0. The first-order chi connectivity index (χ1) is 15.7. The summed E-state index contributed by atoms with van der Waals surface area (Å²) < 4.78 is 11.6. The van der Waals surface area contributed by atoms with E-state index in [1.54, 1.807) is 0 Å². The molecule has 2 fully saturated rings. The number of hydrogen-bond acceptors (Lipinski definition) is 6. The summed E-state index contributed by atoms with van der Waals surface area (Å²) in [6.07, 6.45) is 5.65. The van der Waals surface area contributed by atoms with Crippen molar-refractivity contribution in [3.05, 3.63) is 53.2 Å². The van der Waals surface area contributed by atoms with Crippen LogP contribution in [0.4, 0.5) is 5.82 Å². The van der Waals surface area contributed by atoms with Gasteiger partial charge in [0.05, 0.1) is 19.8 Å². The van der Waals surface area contributed by atoms with Crippen molar-refractivity contribution in [1.82, 2.24) is 14.8 Å². The van der Waals surface area contributed by atoms with Crippen LogP contribution in [0.15, 0.2) is 36.5 Å². The number of pyridine rings is 1. The molecule has 1 aromatic heterocycles. The summed E-state index contributed by atoms with van der Waals surface area (Å²) >= 11 is 0. The molecule has 0 aliphatic carbocycles. The number of nitrogens with zero attached hydrogens (tertiary/aromatic N) is 4. The predicted molar refractivity (Wildman–Crippen MR) is 128 cm³/mol. The van der Waals surface area contributed by atoms with Gasteiger partial charge in [-0.05, 0) is 60.7 Å². The van der Waals surface area contributed by atoms with Gasteiger partial charge >= 0.3 is 0 Å². The summed E-state index contributed by atoms with van der Waals surface area (Å²) in [5.74, 6) is 2.39. The molecule has 6 heteroatoms. The fourth-order valence-electron chi connectivity index (χ4n) is 5.43. The minimum atomic E-state index is 0.374. The van der Waals surface area contributed by atoms with Gasteiger partial charge in [0.1, 0.15) is 11.6 Å². The van der Waals surface area contributed by atoms with Crippen molar-refractivity contribution in [2.75, 3.05) is 71.5 Å². The fraction of sp³-hybridized carbons (Fsp3) is 0.577. The van der Waals surface area contributed by atoms with Crippen molar-refractivity contribution in [3.8, 4) is 5.75 Å². The van der Waals surface area contributed by atoms with Crippen LogP contribution >= 0.6 is 0 Å². The molecule has 1 aromatic carbocycles. The number of ether oxygens (including phenoxy) is 2. The number of benzene rings is 1. The van der Waals surface area contributed by atoms with Crippen LogP contribution in [0.25, 0.3) is 0 Å². The third kappa shape index (κ3) is 4.63. The van der Waals surface area contributed by atoms with Crippen LogP contribution in [0.3, 0.4) is 0 Å². The van der Waals surface area contributed by atoms with Crippen molar-refractivity contribution in [2.45, 2.75) is 31.2 Å². The van der Waals surface area contributed by atoms with E-state index in [2.05, 4.69) is 56.2 Å². The van der Waals surface area contributed by atoms with E-state index in [0.29, 0.717) is 12.0 Å². The van der Waals surface area contributed by atoms with E-state index in [9.17, 15) is 0 Å². The molecule has 3 aliphatic rings. The second-order valence-corrected chi connectivity index (χ2v) is 9.50. The maximum Gasteiger partial charge on any atom is 0.127 e. The molecule has 3 aliphatic heterocycles. The van der Waals surface area contributed by atoms with E-state index in [1.807, 2.05) is 14.1 Å². The molecular formula is C26H36N4O2. The fourth-order valence-corrected chi connectivity index (χ4v) is 5.43. The van der Waals surface area contributed by atoms with Gasteiger partial charge in [0, 0.05) is 58.4 Å². The van der Waals surface area contributed by atoms with Gasteiger partial charge in [-0.3, -0.25) is 9.80 Å². The van der Waals surface area contributed by atoms with Crippen molar-refractivity contribution in [1.29, 1.82) is 0 Å². The number of morpholine rings is 1. The van der Waals surface area contributed by atoms with Gasteiger partial charge in [-0.2, -0.15) is 0 Å². The number of fused-ring (bicyclic) bond motifs is 3. The minimum absolute atomic E-state index is 0.374. The second-order valence-electron chi connectivity index (χ2n) is 9.50. The van der Waals surface area contributed by atoms with Crippen LogP contribution in [-0.2, 0) is 4.74 Å². The second kappa shape index (κ2) is 9.77. The summed E-state index contributed by atoms with van der Waals surface area (Å²) in [5.41, 5.74) is 4.22. The molecule has 4 heterocycles. The largest absolute Gasteiger partial charge is 0.494 e. The van der Waals surface area contributed by atoms with Crippen molar-refractivity contribution in [3.63, 3.8) is 0 Å². The summed E-state index contributed by atoms with van der Waals surface area (Å²) in [6.45, 7) is 7.93. The zero-order valence-corrected chi connectivity index (χ0v) is 19.5. The molecule has 2 aromatic rings. The SMILES string of the molecule is CN(C)c1ccc(C2CN3CCCC3c3cc(OCCCN4CCOCC4)ccc32)cn1. The molecule has 2 unspecified atom stereocenters. The van der Waals surface area contributed by atoms with Crippen LogP contribution in [0, 0.1) is 0 Å². The molecule has 6 nitrogen and oxygen atoms in total. The average molecular weight is 437 g/mol. The van der Waals surface area contributed by atoms with Crippen LogP contribution in [-0.4, -0.2) is 81.4 Å². The average Bonchev–Trinajstić information content (AvgIpc) is 3.31. The zero-order valence-electron chi connectivity index (χ0n) is 19.5. The monoisotopic (exact) mass is 436 g/mol. The highest BCUT2D eigenvalue weighted by atomic mass is 16.5. The lowest BCUT2D eigenvalue weighted by Gasteiger charge is -2.37. The maximum atomic E-state index is 6.20. The number of aromatic nitrogens is 1. The number of anilines is 1. The molecule has 5 rings (SSSR count). The minimum Gasteiger partial charge on any atom is -0.494 e. The van der Waals surface area contributed by atoms with Crippen LogP contribution in [0.2, 0.25) is 0 Å². The Balaban J connectivity index is 1.30. The van der Waals surface area contributed by atoms with E-state index in [0.717, 1.165) is 64.0 Å². The molecule has 2 atom stereocenters. The van der Waals surface area contributed by atoms with Gasteiger partial charge in [-0.1, -0.05) is 12.1 Å². The highest BCUT2D eigenvalue weighted by molar-refractivity contribution is 5.47. The van der Waals surface area contributed by atoms with Crippen molar-refractivity contribution < 1.29 is 9.47 Å². The summed E-state index contributed by atoms with van der Waals surface area (Å²) in [6, 6.07) is 11.7. The quantitative estimate of drug-likeness (QED) is 0.619. The molecule has 0 amide bonds. The smallest absolute Gasteiger partial charge is 0.127 e. The lowest BCUT2D eigenvalue weighted by molar-refractivity contribution is 0.0358. The van der Waals surface area contributed by atoms with Crippen LogP contribution in [0.5, 0.6) is 5.75 Å². The van der Waals surface area contributed by atoms with Crippen LogP contribution < -0.4 is 9.64 Å². The van der Waals surface area contributed by atoms with Gasteiger partial charge in [-0.25, -0.2) is 4.98 Å². The Bertz CT molecular complexity index is 895. The van der Waals surface area contributed by atoms with Gasteiger partial charge in [0.15, 0.2) is 0 Å². The Morgan fingerprint density at radius 1 is 1.09 bits per heavy atom. The molecule has 0 N–H and O–H groups in total. The standard InChI is InChI=1S/C26H36N4O2/c1-28(2)26-9-6-20(18-27-26)24-19-30-11-3-5-25(30)23-17-21(7-8-22(23)24)32-14-4-10-29-12-15-31-16-13-29/h6-9,17-18,24-25H,3-5,10-16,19H2,1-2H3. The van der Waals surface area contributed by atoms with Gasteiger partial charge < -0.3 is 14.4 Å². The highest BCUT2D eigenvalue weighted by Crippen LogP contribution is 2.45. The summed E-state index contributed by atoms with van der Waals surface area (Å²) in [7, 11) is 4.07. The van der Waals surface area contributed by atoms with E-state index < -0.39 is 0 Å². The first-order valence-electron chi connectivity index (χ1n) is 12.1. The first-order valence-corrected chi connectivity index (χ1v) is 12.1. The Labute approximate surface area is 192 Å². The van der Waals surface area contributed by atoms with E-state index in [1.165, 1.54) is 36.1 Å². The zero-order chi connectivity index (χ0) is 21.9. The normalized spacial score (nSPS) is 23.6. The van der Waals surface area contributed by atoms with E-state index >= 15 is 0 Å². The molecule has 172 valence electrons. The molecule has 0 saturated carbocycles. The Morgan fingerprint density at radius 3 is 2.75 bits per heavy atom. The molecule has 0 radical (unpaired) electrons. The van der Waals surface area contributed by atoms with Crippen LogP contribution in [0.1, 0.15) is 47.9 Å². The first kappa shape index (κ1) is 21.7. The molecular weight excluding hydrogens is 400 g/mol. The topological polar surface area (TPSA) is 41.1 Å². The van der Waals surface area contributed by atoms with Crippen molar-refractivity contribution >= 4 is 5.82 Å². The molecule has 32 heavy (non-hydrogen) atoms. The van der Waals surface area contributed by atoms with Crippen molar-refractivity contribution in [2.24, 2.45) is 0 Å². The highest BCUT2D eigenvalue weighted by Gasteiger charge is 2.36.